The van der Waals surface area contributed by atoms with Crippen molar-refractivity contribution in [2.45, 2.75) is 25.3 Å². The van der Waals surface area contributed by atoms with Gasteiger partial charge in [-0.05, 0) is 24.8 Å². The summed E-state index contributed by atoms with van der Waals surface area (Å²) in [5, 5.41) is 9.88. The van der Waals surface area contributed by atoms with Gasteiger partial charge in [-0.3, -0.25) is 15.0 Å². The molecular formula is C19H26N6O3S. The Bertz CT molecular complexity index is 926. The van der Waals surface area contributed by atoms with Crippen LogP contribution >= 0.6 is 0 Å². The van der Waals surface area contributed by atoms with Crippen LogP contribution in [0.5, 0.6) is 0 Å². The van der Waals surface area contributed by atoms with Crippen LogP contribution in [0.3, 0.4) is 0 Å². The van der Waals surface area contributed by atoms with Crippen LogP contribution in [-0.2, 0) is 14.6 Å². The third kappa shape index (κ3) is 4.76. The first kappa shape index (κ1) is 19.8. The van der Waals surface area contributed by atoms with E-state index in [4.69, 9.17) is 0 Å². The zero-order valence-corrected chi connectivity index (χ0v) is 17.1. The van der Waals surface area contributed by atoms with Gasteiger partial charge in [-0.15, -0.1) is 5.10 Å². The lowest BCUT2D eigenvalue weighted by molar-refractivity contribution is -0.121. The van der Waals surface area contributed by atoms with Crippen molar-refractivity contribution in [2.75, 3.05) is 47.9 Å². The van der Waals surface area contributed by atoms with Crippen molar-refractivity contribution >= 4 is 27.6 Å². The van der Waals surface area contributed by atoms with E-state index in [0.717, 1.165) is 31.5 Å². The molecule has 1 aromatic carbocycles. The molecule has 0 radical (unpaired) electrons. The maximum absolute atomic E-state index is 13.2. The van der Waals surface area contributed by atoms with Crippen LogP contribution in [0, 0.1) is 0 Å². The summed E-state index contributed by atoms with van der Waals surface area (Å²) in [4.78, 5) is 21.6. The van der Waals surface area contributed by atoms with Crippen molar-refractivity contribution in [3.05, 3.63) is 35.9 Å². The van der Waals surface area contributed by atoms with E-state index in [1.807, 2.05) is 35.2 Å². The quantitative estimate of drug-likeness (QED) is 0.751. The third-order valence-corrected chi connectivity index (χ3v) is 7.07. The van der Waals surface area contributed by atoms with Crippen molar-refractivity contribution in [3.8, 4) is 0 Å². The minimum absolute atomic E-state index is 0.0605. The predicted octanol–water partition coefficient (Wildman–Crippen LogP) is 1.21. The summed E-state index contributed by atoms with van der Waals surface area (Å²) in [7, 11) is -3.03. The summed E-state index contributed by atoms with van der Waals surface area (Å²) < 4.78 is 23.6. The highest BCUT2D eigenvalue weighted by molar-refractivity contribution is 7.91. The van der Waals surface area contributed by atoms with Gasteiger partial charge in [0.15, 0.2) is 9.84 Å². The Balaban J connectivity index is 1.50. The maximum Gasteiger partial charge on any atom is 0.248 e. The Morgan fingerprint density at radius 2 is 1.72 bits per heavy atom. The number of carbonyl (C=O) groups excluding carboxylic acids is 1. The molecular weight excluding hydrogens is 392 g/mol. The molecule has 0 spiro atoms. The van der Waals surface area contributed by atoms with Gasteiger partial charge in [0.2, 0.25) is 17.8 Å². The molecule has 2 aromatic rings. The first-order chi connectivity index (χ1) is 14.0. The number of nitrogens with zero attached hydrogens (tertiary/aromatic N) is 4. The number of benzene rings is 1. The fourth-order valence-electron chi connectivity index (χ4n) is 3.88. The van der Waals surface area contributed by atoms with Gasteiger partial charge in [-0.25, -0.2) is 13.5 Å². The minimum Gasteiger partial charge on any atom is -0.340 e. The van der Waals surface area contributed by atoms with Gasteiger partial charge < -0.3 is 4.90 Å². The van der Waals surface area contributed by atoms with Gasteiger partial charge in [0.05, 0.1) is 11.5 Å². The second-order valence-corrected chi connectivity index (χ2v) is 9.83. The van der Waals surface area contributed by atoms with E-state index >= 15 is 0 Å². The fourth-order valence-corrected chi connectivity index (χ4v) is 5.11. The standard InChI is InChI=1S/C19H26N6O3S/c26-17(20-18-21-19(23-22-18)25-9-5-2-6-10-25)16(15-7-3-1-4-8-15)24-11-13-29(27,28)14-12-24/h1,3-4,7-8,16H,2,5-6,9-14H2,(H2,20,21,22,23,26). The monoisotopic (exact) mass is 418 g/mol. The molecule has 0 aliphatic carbocycles. The lowest BCUT2D eigenvalue weighted by Gasteiger charge is -2.33. The van der Waals surface area contributed by atoms with Gasteiger partial charge in [0.25, 0.3) is 0 Å². The number of anilines is 2. The molecule has 2 N–H and O–H groups in total. The van der Waals surface area contributed by atoms with Crippen LogP contribution in [0.2, 0.25) is 0 Å². The number of piperidine rings is 1. The molecule has 2 saturated heterocycles. The Morgan fingerprint density at radius 1 is 1.03 bits per heavy atom. The van der Waals surface area contributed by atoms with Gasteiger partial charge in [0.1, 0.15) is 6.04 Å². The first-order valence-corrected chi connectivity index (χ1v) is 11.8. The van der Waals surface area contributed by atoms with Crippen molar-refractivity contribution in [2.24, 2.45) is 0 Å². The van der Waals surface area contributed by atoms with Crippen molar-refractivity contribution in [1.29, 1.82) is 0 Å². The highest BCUT2D eigenvalue weighted by atomic mass is 32.2. The van der Waals surface area contributed by atoms with Crippen LogP contribution in [0.15, 0.2) is 30.3 Å². The number of hydrogen-bond donors (Lipinski definition) is 2. The molecule has 10 heteroatoms. The molecule has 0 bridgehead atoms. The maximum atomic E-state index is 13.2. The lowest BCUT2D eigenvalue weighted by Crippen LogP contribution is -2.46. The molecule has 1 aromatic heterocycles. The number of amides is 1. The highest BCUT2D eigenvalue weighted by Gasteiger charge is 2.33. The lowest BCUT2D eigenvalue weighted by atomic mass is 10.0. The zero-order valence-electron chi connectivity index (χ0n) is 16.2. The number of carbonyl (C=O) groups is 1. The molecule has 2 aliphatic rings. The normalized spacial score (nSPS) is 20.9. The van der Waals surface area contributed by atoms with E-state index in [2.05, 4.69) is 25.4 Å². The predicted molar refractivity (Wildman–Crippen MR) is 110 cm³/mol. The number of aromatic nitrogens is 3. The smallest absolute Gasteiger partial charge is 0.248 e. The zero-order chi connectivity index (χ0) is 20.3. The second kappa shape index (κ2) is 8.50. The van der Waals surface area contributed by atoms with Crippen LogP contribution in [0.25, 0.3) is 0 Å². The number of rotatable bonds is 5. The SMILES string of the molecule is O=C(Nc1nc(N2CCCCC2)n[nH]1)C(c1ccccc1)N1CCS(=O)(=O)CC1. The van der Waals surface area contributed by atoms with Crippen molar-refractivity contribution < 1.29 is 13.2 Å². The number of aromatic amines is 1. The van der Waals surface area contributed by atoms with Crippen LogP contribution < -0.4 is 10.2 Å². The van der Waals surface area contributed by atoms with Crippen LogP contribution in [0.1, 0.15) is 30.9 Å². The van der Waals surface area contributed by atoms with E-state index in [9.17, 15) is 13.2 Å². The first-order valence-electron chi connectivity index (χ1n) is 9.99. The number of nitrogens with one attached hydrogen (secondary N) is 2. The number of sulfone groups is 1. The molecule has 0 saturated carbocycles. The van der Waals surface area contributed by atoms with E-state index < -0.39 is 15.9 Å². The van der Waals surface area contributed by atoms with E-state index in [-0.39, 0.29) is 17.4 Å². The summed E-state index contributed by atoms with van der Waals surface area (Å²) in [6.45, 7) is 2.48. The number of hydrogen-bond acceptors (Lipinski definition) is 7. The minimum atomic E-state index is -3.03. The molecule has 29 heavy (non-hydrogen) atoms. The third-order valence-electron chi connectivity index (χ3n) is 5.46. The number of H-pyrrole nitrogens is 1. The molecule has 1 amide bonds. The van der Waals surface area contributed by atoms with Gasteiger partial charge in [-0.2, -0.15) is 4.98 Å². The molecule has 1 unspecified atom stereocenters. The fraction of sp³-hybridized carbons (Fsp3) is 0.526. The topological polar surface area (TPSA) is 111 Å². The highest BCUT2D eigenvalue weighted by Crippen LogP contribution is 2.25. The van der Waals surface area contributed by atoms with Gasteiger partial charge >= 0.3 is 0 Å². The Hall–Kier alpha value is -2.46. The second-order valence-electron chi connectivity index (χ2n) is 7.52. The summed E-state index contributed by atoms with van der Waals surface area (Å²) >= 11 is 0. The molecule has 1 atom stereocenters. The molecule has 9 nitrogen and oxygen atoms in total. The molecule has 156 valence electrons. The molecule has 2 fully saturated rings. The van der Waals surface area contributed by atoms with Crippen LogP contribution in [-0.4, -0.2) is 72.1 Å². The summed E-state index contributed by atoms with van der Waals surface area (Å²) in [5.41, 5.74) is 0.820. The van der Waals surface area contributed by atoms with E-state index in [0.29, 0.717) is 25.0 Å². The molecule has 2 aliphatic heterocycles. The molecule has 3 heterocycles. The van der Waals surface area contributed by atoms with Crippen molar-refractivity contribution in [3.63, 3.8) is 0 Å². The van der Waals surface area contributed by atoms with Crippen LogP contribution in [0.4, 0.5) is 11.9 Å². The Morgan fingerprint density at radius 3 is 2.41 bits per heavy atom. The average molecular weight is 419 g/mol. The van der Waals surface area contributed by atoms with E-state index in [1.54, 1.807) is 0 Å². The average Bonchev–Trinajstić information content (AvgIpc) is 3.19. The van der Waals surface area contributed by atoms with Crippen molar-refractivity contribution in [1.82, 2.24) is 20.1 Å². The Labute approximate surface area is 170 Å². The summed E-state index contributed by atoms with van der Waals surface area (Å²) in [6, 6.07) is 8.81. The van der Waals surface area contributed by atoms with E-state index in [1.165, 1.54) is 6.42 Å². The van der Waals surface area contributed by atoms with Gasteiger partial charge in [-0.1, -0.05) is 30.3 Å². The summed E-state index contributed by atoms with van der Waals surface area (Å²) in [5.74, 6) is 0.772. The summed E-state index contributed by atoms with van der Waals surface area (Å²) in [6.07, 6.45) is 3.45. The van der Waals surface area contributed by atoms with Gasteiger partial charge in [0, 0.05) is 26.2 Å². The molecule has 4 rings (SSSR count). The largest absolute Gasteiger partial charge is 0.340 e. The Kier molecular flexibility index (Phi) is 5.81.